The molecule has 18 heavy (non-hydrogen) atoms. The first kappa shape index (κ1) is 14.3. The molecule has 0 radical (unpaired) electrons. The minimum absolute atomic E-state index is 0.469. The summed E-state index contributed by atoms with van der Waals surface area (Å²) in [5.74, 6) is -5.48. The van der Waals surface area contributed by atoms with E-state index in [0.717, 1.165) is 0 Å². The van der Waals surface area contributed by atoms with Crippen LogP contribution in [0.1, 0.15) is 31.9 Å². The highest BCUT2D eigenvalue weighted by molar-refractivity contribution is 6.00. The minimum Gasteiger partial charge on any atom is -0.504 e. The first-order valence-electron chi connectivity index (χ1n) is 5.25. The first-order valence-corrected chi connectivity index (χ1v) is 5.25. The van der Waals surface area contributed by atoms with Gasteiger partial charge in [0.25, 0.3) is 0 Å². The lowest BCUT2D eigenvalue weighted by molar-refractivity contribution is 0.383. The van der Waals surface area contributed by atoms with E-state index >= 15 is 0 Å². The lowest BCUT2D eigenvalue weighted by Crippen LogP contribution is -2.22. The third-order valence-corrected chi connectivity index (χ3v) is 2.54. The second kappa shape index (κ2) is 4.51. The van der Waals surface area contributed by atoms with Crippen LogP contribution < -0.4 is 5.73 Å². The molecule has 6 heteroatoms. The molecule has 0 unspecified atom stereocenters. The summed E-state index contributed by atoms with van der Waals surface area (Å²) in [6, 6.07) is 0. The lowest BCUT2D eigenvalue weighted by Gasteiger charge is -2.22. The number of hydrogen-bond donors (Lipinski definition) is 2. The highest BCUT2D eigenvalue weighted by Crippen LogP contribution is 2.36. The van der Waals surface area contributed by atoms with Crippen LogP contribution in [0.25, 0.3) is 0 Å². The van der Waals surface area contributed by atoms with Crippen molar-refractivity contribution in [2.45, 2.75) is 26.2 Å². The van der Waals surface area contributed by atoms with Crippen LogP contribution in [0.3, 0.4) is 0 Å². The Balaban J connectivity index is 3.78. The normalized spacial score (nSPS) is 12.9. The fourth-order valence-electron chi connectivity index (χ4n) is 1.65. The molecule has 1 aromatic carbocycles. The third kappa shape index (κ3) is 2.14. The number of hydrogen-bond acceptors (Lipinski definition) is 2. The van der Waals surface area contributed by atoms with Gasteiger partial charge in [-0.25, -0.2) is 13.2 Å². The number of aliphatic imine (C=N–C) groups is 1. The van der Waals surface area contributed by atoms with Crippen LogP contribution in [0, 0.1) is 17.5 Å². The number of nitrogens with zero attached hydrogens (tertiary/aromatic N) is 1. The summed E-state index contributed by atoms with van der Waals surface area (Å²) >= 11 is 0. The van der Waals surface area contributed by atoms with Gasteiger partial charge in [-0.05, 0) is 5.41 Å². The Morgan fingerprint density at radius 1 is 1.11 bits per heavy atom. The molecule has 0 aliphatic carbocycles. The van der Waals surface area contributed by atoms with Gasteiger partial charge in [-0.15, -0.1) is 0 Å². The molecule has 3 N–H and O–H groups in total. The van der Waals surface area contributed by atoms with Gasteiger partial charge in [0, 0.05) is 12.6 Å². The molecular formula is C12H15F3N2O. The van der Waals surface area contributed by atoms with Crippen LogP contribution in [0.4, 0.5) is 13.2 Å². The molecule has 0 aliphatic heterocycles. The summed E-state index contributed by atoms with van der Waals surface area (Å²) in [4.78, 5) is 3.42. The summed E-state index contributed by atoms with van der Waals surface area (Å²) in [5, 5.41) is 9.61. The first-order chi connectivity index (χ1) is 8.12. The fourth-order valence-corrected chi connectivity index (χ4v) is 1.65. The van der Waals surface area contributed by atoms with Crippen molar-refractivity contribution in [1.29, 1.82) is 0 Å². The average molecular weight is 260 g/mol. The van der Waals surface area contributed by atoms with Crippen molar-refractivity contribution >= 4 is 5.84 Å². The zero-order valence-corrected chi connectivity index (χ0v) is 10.6. The quantitative estimate of drug-likeness (QED) is 0.463. The molecule has 3 nitrogen and oxygen atoms in total. The van der Waals surface area contributed by atoms with Crippen molar-refractivity contribution in [3.8, 4) is 5.75 Å². The van der Waals surface area contributed by atoms with E-state index in [1.807, 2.05) is 0 Å². The number of amidine groups is 1. The fraction of sp³-hybridized carbons (Fsp3) is 0.417. The van der Waals surface area contributed by atoms with E-state index in [9.17, 15) is 18.3 Å². The molecule has 1 aromatic rings. The van der Waals surface area contributed by atoms with Crippen LogP contribution >= 0.6 is 0 Å². The summed E-state index contributed by atoms with van der Waals surface area (Å²) in [6.45, 7) is 4.51. The van der Waals surface area contributed by atoms with Crippen LogP contribution in [0.15, 0.2) is 4.99 Å². The second-order valence-electron chi connectivity index (χ2n) is 4.90. The maximum atomic E-state index is 13.9. The van der Waals surface area contributed by atoms with E-state index in [2.05, 4.69) is 4.99 Å². The third-order valence-electron chi connectivity index (χ3n) is 2.54. The molecule has 0 fully saturated rings. The van der Waals surface area contributed by atoms with Gasteiger partial charge >= 0.3 is 0 Å². The van der Waals surface area contributed by atoms with Crippen molar-refractivity contribution in [3.63, 3.8) is 0 Å². The van der Waals surface area contributed by atoms with Gasteiger partial charge in [-0.1, -0.05) is 20.8 Å². The summed E-state index contributed by atoms with van der Waals surface area (Å²) in [7, 11) is 1.22. The van der Waals surface area contributed by atoms with Gasteiger partial charge in [0.15, 0.2) is 23.2 Å². The minimum atomic E-state index is -1.40. The van der Waals surface area contributed by atoms with Crippen molar-refractivity contribution < 1.29 is 18.3 Å². The number of nitrogens with two attached hydrogens (primary N) is 1. The molecule has 0 aromatic heterocycles. The molecule has 0 saturated carbocycles. The topological polar surface area (TPSA) is 58.6 Å². The van der Waals surface area contributed by atoms with E-state index in [1.165, 1.54) is 27.8 Å². The highest BCUT2D eigenvalue weighted by Gasteiger charge is 2.32. The van der Waals surface area contributed by atoms with Crippen LogP contribution in [0.2, 0.25) is 0 Å². The summed E-state index contributed by atoms with van der Waals surface area (Å²) in [6.07, 6.45) is 0. The summed E-state index contributed by atoms with van der Waals surface area (Å²) in [5.41, 5.74) is 3.04. The number of aromatic hydroxyl groups is 1. The molecule has 0 heterocycles. The van der Waals surface area contributed by atoms with Crippen molar-refractivity contribution in [1.82, 2.24) is 0 Å². The zero-order valence-electron chi connectivity index (χ0n) is 10.6. The Kier molecular flexibility index (Phi) is 3.59. The monoisotopic (exact) mass is 260 g/mol. The van der Waals surface area contributed by atoms with Gasteiger partial charge < -0.3 is 10.8 Å². The summed E-state index contributed by atoms with van der Waals surface area (Å²) < 4.78 is 41.6. The Morgan fingerprint density at radius 3 is 2.00 bits per heavy atom. The lowest BCUT2D eigenvalue weighted by atomic mass is 9.85. The number of halogens is 3. The SMILES string of the molecule is CN=C(N)c1c(O)c(F)c(C(C)(C)C)c(F)c1F. The molecule has 100 valence electrons. The van der Waals surface area contributed by atoms with Crippen LogP contribution in [0.5, 0.6) is 5.75 Å². The van der Waals surface area contributed by atoms with Crippen molar-refractivity contribution in [3.05, 3.63) is 28.6 Å². The van der Waals surface area contributed by atoms with Gasteiger partial charge in [0.2, 0.25) is 0 Å². The number of phenolic OH excluding ortho intramolecular Hbond substituents is 1. The highest BCUT2D eigenvalue weighted by atomic mass is 19.2. The predicted octanol–water partition coefficient (Wildman–Crippen LogP) is 2.44. The van der Waals surface area contributed by atoms with Crippen LogP contribution in [-0.2, 0) is 5.41 Å². The second-order valence-corrected chi connectivity index (χ2v) is 4.90. The van der Waals surface area contributed by atoms with Gasteiger partial charge in [-0.2, -0.15) is 0 Å². The average Bonchev–Trinajstić information content (AvgIpc) is 2.24. The molecular weight excluding hydrogens is 245 g/mol. The molecule has 1 rings (SSSR count). The van der Waals surface area contributed by atoms with Crippen LogP contribution in [-0.4, -0.2) is 18.0 Å². The molecule has 0 spiro atoms. The Bertz CT molecular complexity index is 490. The molecule has 0 atom stereocenters. The zero-order chi connectivity index (χ0) is 14.2. The van der Waals surface area contributed by atoms with Gasteiger partial charge in [0.1, 0.15) is 5.84 Å². The van der Waals surface area contributed by atoms with Gasteiger partial charge in [-0.3, -0.25) is 4.99 Å². The largest absolute Gasteiger partial charge is 0.504 e. The van der Waals surface area contributed by atoms with E-state index < -0.39 is 45.6 Å². The van der Waals surface area contributed by atoms with E-state index in [1.54, 1.807) is 0 Å². The number of benzene rings is 1. The van der Waals surface area contributed by atoms with Crippen molar-refractivity contribution in [2.24, 2.45) is 10.7 Å². The standard InChI is InChI=1S/C12H15F3N2O/c1-12(2,3)6-8(14)7(13)5(11(16)17-4)10(18)9(6)15/h18H,1-4H3,(H2,16,17). The molecule has 0 bridgehead atoms. The van der Waals surface area contributed by atoms with E-state index in [0.29, 0.717) is 0 Å². The smallest absolute Gasteiger partial charge is 0.174 e. The molecule has 0 aliphatic rings. The number of rotatable bonds is 1. The van der Waals surface area contributed by atoms with Gasteiger partial charge in [0.05, 0.1) is 5.56 Å². The Morgan fingerprint density at radius 2 is 1.61 bits per heavy atom. The maximum absolute atomic E-state index is 13.9. The van der Waals surface area contributed by atoms with E-state index in [4.69, 9.17) is 5.73 Å². The molecule has 0 amide bonds. The van der Waals surface area contributed by atoms with E-state index in [-0.39, 0.29) is 0 Å². The molecule has 0 saturated heterocycles. The predicted molar refractivity (Wildman–Crippen MR) is 63.3 cm³/mol. The maximum Gasteiger partial charge on any atom is 0.174 e. The Hall–Kier alpha value is -1.72. The number of phenols is 1. The Labute approximate surface area is 103 Å². The van der Waals surface area contributed by atoms with Crippen molar-refractivity contribution in [2.75, 3.05) is 7.05 Å².